The van der Waals surface area contributed by atoms with Gasteiger partial charge in [0.05, 0.1) is 0 Å². The van der Waals surface area contributed by atoms with E-state index in [1.807, 2.05) is 36.4 Å². The predicted octanol–water partition coefficient (Wildman–Crippen LogP) is 3.94. The Bertz CT molecular complexity index is 407. The molecule has 1 N–H and O–H groups in total. The summed E-state index contributed by atoms with van der Waals surface area (Å²) in [6.07, 6.45) is 9.16. The third-order valence-electron chi connectivity index (χ3n) is 3.99. The molecule has 0 aromatic heterocycles. The second-order valence-electron chi connectivity index (χ2n) is 5.37. The number of nitrogens with one attached hydrogen (secondary N) is 1. The smallest absolute Gasteiger partial charge is 0.251 e. The molecule has 19 heavy (non-hydrogen) atoms. The number of hydrogen-bond acceptors (Lipinski definition) is 1. The topological polar surface area (TPSA) is 29.1 Å². The van der Waals surface area contributed by atoms with Crippen molar-refractivity contribution in [3.05, 3.63) is 48.6 Å². The van der Waals surface area contributed by atoms with E-state index in [0.29, 0.717) is 5.92 Å². The monoisotopic (exact) mass is 257 g/mol. The highest BCUT2D eigenvalue weighted by Gasteiger charge is 2.24. The van der Waals surface area contributed by atoms with Crippen molar-refractivity contribution >= 4 is 5.91 Å². The minimum atomic E-state index is 0.0398. The van der Waals surface area contributed by atoms with E-state index in [-0.39, 0.29) is 11.9 Å². The van der Waals surface area contributed by atoms with Crippen LogP contribution in [0.4, 0.5) is 0 Å². The number of hydrogen-bond donors (Lipinski definition) is 1. The van der Waals surface area contributed by atoms with E-state index in [2.05, 4.69) is 11.9 Å². The Balaban J connectivity index is 1.99. The second-order valence-corrected chi connectivity index (χ2v) is 5.37. The molecule has 2 nitrogen and oxygen atoms in total. The Morgan fingerprint density at radius 2 is 1.95 bits per heavy atom. The first-order valence-corrected chi connectivity index (χ1v) is 7.28. The number of carbonyl (C=O) groups is 1. The fourth-order valence-corrected chi connectivity index (χ4v) is 2.93. The van der Waals surface area contributed by atoms with E-state index in [4.69, 9.17) is 0 Å². The van der Waals surface area contributed by atoms with Crippen molar-refractivity contribution < 1.29 is 4.79 Å². The van der Waals surface area contributed by atoms with Crippen molar-refractivity contribution in [1.29, 1.82) is 0 Å². The van der Waals surface area contributed by atoms with Gasteiger partial charge >= 0.3 is 0 Å². The molecule has 0 aliphatic heterocycles. The minimum Gasteiger partial charge on any atom is -0.349 e. The highest BCUT2D eigenvalue weighted by Crippen LogP contribution is 2.28. The summed E-state index contributed by atoms with van der Waals surface area (Å²) in [5.74, 6) is 0.650. The van der Waals surface area contributed by atoms with Crippen molar-refractivity contribution in [3.63, 3.8) is 0 Å². The van der Waals surface area contributed by atoms with Gasteiger partial charge in [0.15, 0.2) is 0 Å². The molecular formula is C17H23NO. The lowest BCUT2D eigenvalue weighted by atomic mass is 9.82. The summed E-state index contributed by atoms with van der Waals surface area (Å²) in [6, 6.07) is 9.70. The van der Waals surface area contributed by atoms with Gasteiger partial charge in [0.25, 0.3) is 5.91 Å². The van der Waals surface area contributed by atoms with Crippen LogP contribution in [0.5, 0.6) is 0 Å². The summed E-state index contributed by atoms with van der Waals surface area (Å²) in [5.41, 5.74) is 0.743. The normalized spacial score (nSPS) is 17.7. The molecule has 0 unspecified atom stereocenters. The zero-order chi connectivity index (χ0) is 13.5. The van der Waals surface area contributed by atoms with Gasteiger partial charge in [0.2, 0.25) is 0 Å². The Hall–Kier alpha value is -1.57. The Kier molecular flexibility index (Phi) is 5.20. The van der Waals surface area contributed by atoms with E-state index in [1.54, 1.807) is 0 Å². The first-order chi connectivity index (χ1) is 9.31. The average Bonchev–Trinajstić information content (AvgIpc) is 2.48. The molecule has 0 spiro atoms. The molecule has 1 aromatic carbocycles. The predicted molar refractivity (Wildman–Crippen MR) is 79.1 cm³/mol. The summed E-state index contributed by atoms with van der Waals surface area (Å²) in [4.78, 5) is 12.2. The van der Waals surface area contributed by atoms with Gasteiger partial charge in [-0.3, -0.25) is 4.79 Å². The maximum Gasteiger partial charge on any atom is 0.251 e. The average molecular weight is 257 g/mol. The van der Waals surface area contributed by atoms with Crippen molar-refractivity contribution in [3.8, 4) is 0 Å². The van der Waals surface area contributed by atoms with Gasteiger partial charge in [-0.1, -0.05) is 43.5 Å². The van der Waals surface area contributed by atoms with Crippen molar-refractivity contribution in [1.82, 2.24) is 5.32 Å². The first kappa shape index (κ1) is 13.9. The zero-order valence-corrected chi connectivity index (χ0v) is 11.5. The van der Waals surface area contributed by atoms with Crippen LogP contribution in [0.15, 0.2) is 43.0 Å². The molecule has 1 aromatic rings. The maximum atomic E-state index is 12.2. The quantitative estimate of drug-likeness (QED) is 0.795. The third kappa shape index (κ3) is 3.95. The molecule has 0 heterocycles. The van der Waals surface area contributed by atoms with E-state index in [1.165, 1.54) is 32.1 Å². The van der Waals surface area contributed by atoms with Crippen molar-refractivity contribution in [2.45, 2.75) is 44.6 Å². The van der Waals surface area contributed by atoms with Gasteiger partial charge in [0, 0.05) is 11.6 Å². The molecular weight excluding hydrogens is 234 g/mol. The third-order valence-corrected chi connectivity index (χ3v) is 3.99. The maximum absolute atomic E-state index is 12.2. The number of benzene rings is 1. The molecule has 1 atom stereocenters. The zero-order valence-electron chi connectivity index (χ0n) is 11.5. The van der Waals surface area contributed by atoms with Crippen LogP contribution in [0, 0.1) is 5.92 Å². The van der Waals surface area contributed by atoms with E-state index in [9.17, 15) is 4.79 Å². The molecule has 2 rings (SSSR count). The molecule has 1 aliphatic rings. The summed E-state index contributed by atoms with van der Waals surface area (Å²) in [5, 5.41) is 3.19. The molecule has 0 bridgehead atoms. The molecule has 1 saturated carbocycles. The molecule has 2 heteroatoms. The Morgan fingerprint density at radius 3 is 2.58 bits per heavy atom. The van der Waals surface area contributed by atoms with Gasteiger partial charge in [-0.15, -0.1) is 6.58 Å². The van der Waals surface area contributed by atoms with Gasteiger partial charge in [-0.25, -0.2) is 0 Å². The lowest BCUT2D eigenvalue weighted by molar-refractivity contribution is 0.0914. The molecule has 1 aliphatic carbocycles. The van der Waals surface area contributed by atoms with E-state index in [0.717, 1.165) is 12.0 Å². The van der Waals surface area contributed by atoms with E-state index < -0.39 is 0 Å². The number of rotatable bonds is 5. The fourth-order valence-electron chi connectivity index (χ4n) is 2.93. The van der Waals surface area contributed by atoms with Crippen LogP contribution >= 0.6 is 0 Å². The number of carbonyl (C=O) groups excluding carboxylic acids is 1. The van der Waals surface area contributed by atoms with Crippen molar-refractivity contribution in [2.24, 2.45) is 5.92 Å². The number of amides is 1. The van der Waals surface area contributed by atoms with Crippen LogP contribution in [-0.2, 0) is 0 Å². The molecule has 0 saturated heterocycles. The summed E-state index contributed by atoms with van der Waals surface area (Å²) in [7, 11) is 0. The lowest BCUT2D eigenvalue weighted by Gasteiger charge is -2.30. The highest BCUT2D eigenvalue weighted by atomic mass is 16.1. The van der Waals surface area contributed by atoms with Crippen LogP contribution in [0.3, 0.4) is 0 Å². The Morgan fingerprint density at radius 1 is 1.26 bits per heavy atom. The lowest BCUT2D eigenvalue weighted by Crippen LogP contribution is -2.40. The standard InChI is InChI=1S/C17H23NO/c1-2-9-16(14-10-5-3-6-11-14)18-17(19)15-12-7-4-8-13-15/h2,4,7-8,12-14,16H,1,3,5-6,9-11H2,(H,18,19)/t16-/m1/s1. The van der Waals surface area contributed by atoms with Crippen LogP contribution in [0.1, 0.15) is 48.9 Å². The summed E-state index contributed by atoms with van der Waals surface area (Å²) >= 11 is 0. The van der Waals surface area contributed by atoms with Crippen LogP contribution < -0.4 is 5.32 Å². The van der Waals surface area contributed by atoms with Gasteiger partial charge in [0.1, 0.15) is 0 Å². The van der Waals surface area contributed by atoms with Crippen LogP contribution in [-0.4, -0.2) is 11.9 Å². The molecule has 1 amide bonds. The van der Waals surface area contributed by atoms with Crippen LogP contribution in [0.2, 0.25) is 0 Å². The van der Waals surface area contributed by atoms with Gasteiger partial charge < -0.3 is 5.32 Å². The first-order valence-electron chi connectivity index (χ1n) is 7.28. The molecule has 102 valence electrons. The minimum absolute atomic E-state index is 0.0398. The van der Waals surface area contributed by atoms with Crippen molar-refractivity contribution in [2.75, 3.05) is 0 Å². The van der Waals surface area contributed by atoms with Crippen LogP contribution in [0.25, 0.3) is 0 Å². The second kappa shape index (κ2) is 7.13. The largest absolute Gasteiger partial charge is 0.349 e. The SMILES string of the molecule is C=CC[C@@H](NC(=O)c1ccccc1)C1CCCCC1. The fraction of sp³-hybridized carbons (Fsp3) is 0.471. The highest BCUT2D eigenvalue weighted by molar-refractivity contribution is 5.94. The molecule has 1 fully saturated rings. The van der Waals surface area contributed by atoms with Gasteiger partial charge in [-0.05, 0) is 37.3 Å². The van der Waals surface area contributed by atoms with E-state index >= 15 is 0 Å². The van der Waals surface area contributed by atoms with Gasteiger partial charge in [-0.2, -0.15) is 0 Å². The Labute approximate surface area is 115 Å². The summed E-state index contributed by atoms with van der Waals surface area (Å²) in [6.45, 7) is 3.82. The summed E-state index contributed by atoms with van der Waals surface area (Å²) < 4.78 is 0. The molecule has 0 radical (unpaired) electrons.